The first-order valence-electron chi connectivity index (χ1n) is 9.73. The Kier molecular flexibility index (Phi) is 6.44. The van der Waals surface area contributed by atoms with Gasteiger partial charge in [0.2, 0.25) is 5.91 Å². The molecule has 1 heterocycles. The molecule has 0 saturated heterocycles. The fourth-order valence-electron chi connectivity index (χ4n) is 3.25. The van der Waals surface area contributed by atoms with E-state index >= 15 is 0 Å². The number of amides is 1. The number of aromatic nitrogens is 3. The van der Waals surface area contributed by atoms with Gasteiger partial charge in [0.1, 0.15) is 5.75 Å². The SMILES string of the molecule is CC(Oc1cccc(Cl)c1)c1nnc(SCC(=O)Nc2cccc3ccccc23)n1C. The number of ether oxygens (including phenoxy) is 1. The van der Waals surface area contributed by atoms with Crippen LogP contribution in [0.15, 0.2) is 71.9 Å². The molecule has 0 bridgehead atoms. The Labute approximate surface area is 189 Å². The van der Waals surface area contributed by atoms with Crippen molar-refractivity contribution >= 4 is 45.7 Å². The average Bonchev–Trinajstić information content (AvgIpc) is 3.13. The highest BCUT2D eigenvalue weighted by molar-refractivity contribution is 7.99. The van der Waals surface area contributed by atoms with Crippen LogP contribution < -0.4 is 10.1 Å². The lowest BCUT2D eigenvalue weighted by atomic mass is 10.1. The average molecular weight is 453 g/mol. The molecule has 0 aliphatic rings. The molecule has 6 nitrogen and oxygen atoms in total. The first-order chi connectivity index (χ1) is 15.0. The molecule has 0 aliphatic carbocycles. The number of fused-ring (bicyclic) bond motifs is 1. The summed E-state index contributed by atoms with van der Waals surface area (Å²) >= 11 is 7.34. The summed E-state index contributed by atoms with van der Waals surface area (Å²) in [6.45, 7) is 1.90. The predicted octanol–water partition coefficient (Wildman–Crippen LogP) is 5.49. The summed E-state index contributed by atoms with van der Waals surface area (Å²) in [4.78, 5) is 12.5. The van der Waals surface area contributed by atoms with Gasteiger partial charge in [-0.25, -0.2) is 0 Å². The smallest absolute Gasteiger partial charge is 0.234 e. The molecule has 0 radical (unpaired) electrons. The van der Waals surface area contributed by atoms with Gasteiger partial charge < -0.3 is 14.6 Å². The van der Waals surface area contributed by atoms with E-state index in [0.29, 0.717) is 21.8 Å². The van der Waals surface area contributed by atoms with Gasteiger partial charge in [0.25, 0.3) is 0 Å². The maximum atomic E-state index is 12.5. The number of carbonyl (C=O) groups is 1. The van der Waals surface area contributed by atoms with Gasteiger partial charge in [0.15, 0.2) is 17.1 Å². The van der Waals surface area contributed by atoms with Crippen molar-refractivity contribution < 1.29 is 9.53 Å². The highest BCUT2D eigenvalue weighted by Crippen LogP contribution is 2.26. The molecule has 8 heteroatoms. The van der Waals surface area contributed by atoms with Crippen molar-refractivity contribution in [1.82, 2.24) is 14.8 Å². The minimum Gasteiger partial charge on any atom is -0.483 e. The molecule has 4 aromatic rings. The molecule has 0 fully saturated rings. The fraction of sp³-hybridized carbons (Fsp3) is 0.174. The number of anilines is 1. The number of rotatable bonds is 7. The van der Waals surface area contributed by atoms with Gasteiger partial charge in [0, 0.05) is 23.1 Å². The second-order valence-electron chi connectivity index (χ2n) is 6.98. The zero-order valence-corrected chi connectivity index (χ0v) is 18.7. The van der Waals surface area contributed by atoms with E-state index in [1.807, 2.05) is 73.1 Å². The Hall–Kier alpha value is -3.03. The molecule has 0 aliphatic heterocycles. The molecule has 4 rings (SSSR count). The molecule has 158 valence electrons. The highest BCUT2D eigenvalue weighted by atomic mass is 35.5. The predicted molar refractivity (Wildman–Crippen MR) is 125 cm³/mol. The number of hydrogen-bond acceptors (Lipinski definition) is 5. The zero-order valence-electron chi connectivity index (χ0n) is 17.1. The van der Waals surface area contributed by atoms with Gasteiger partial charge in [-0.2, -0.15) is 0 Å². The van der Waals surface area contributed by atoms with Gasteiger partial charge in [-0.05, 0) is 36.6 Å². The maximum absolute atomic E-state index is 12.5. The van der Waals surface area contributed by atoms with Crippen LogP contribution in [0.5, 0.6) is 5.75 Å². The Bertz CT molecular complexity index is 1220. The van der Waals surface area contributed by atoms with E-state index in [0.717, 1.165) is 16.5 Å². The van der Waals surface area contributed by atoms with Crippen molar-refractivity contribution in [3.63, 3.8) is 0 Å². The van der Waals surface area contributed by atoms with Crippen LogP contribution in [0.3, 0.4) is 0 Å². The van der Waals surface area contributed by atoms with Crippen LogP contribution >= 0.6 is 23.4 Å². The number of carbonyl (C=O) groups excluding carboxylic acids is 1. The zero-order chi connectivity index (χ0) is 21.8. The Balaban J connectivity index is 1.39. The lowest BCUT2D eigenvalue weighted by molar-refractivity contribution is -0.113. The van der Waals surface area contributed by atoms with E-state index in [9.17, 15) is 4.79 Å². The van der Waals surface area contributed by atoms with E-state index in [2.05, 4.69) is 15.5 Å². The van der Waals surface area contributed by atoms with Gasteiger partial charge in [-0.1, -0.05) is 65.8 Å². The maximum Gasteiger partial charge on any atom is 0.234 e. The Morgan fingerprint density at radius 3 is 2.74 bits per heavy atom. The number of halogens is 1. The molecule has 1 atom stereocenters. The number of hydrogen-bond donors (Lipinski definition) is 1. The van der Waals surface area contributed by atoms with Gasteiger partial charge in [0.05, 0.1) is 5.75 Å². The standard InChI is InChI=1S/C23H21ClN4O2S/c1-15(30-18-10-6-9-17(24)13-18)22-26-27-23(28(22)2)31-14-21(29)25-20-12-5-8-16-7-3-4-11-19(16)20/h3-13,15H,14H2,1-2H3,(H,25,29). The van der Waals surface area contributed by atoms with E-state index < -0.39 is 0 Å². The Morgan fingerprint density at radius 1 is 1.13 bits per heavy atom. The van der Waals surface area contributed by atoms with Crippen LogP contribution in [0.1, 0.15) is 18.9 Å². The highest BCUT2D eigenvalue weighted by Gasteiger charge is 2.18. The van der Waals surface area contributed by atoms with Crippen LogP contribution in [-0.4, -0.2) is 26.4 Å². The number of benzene rings is 3. The van der Waals surface area contributed by atoms with Gasteiger partial charge in [-0.3, -0.25) is 4.79 Å². The summed E-state index contributed by atoms with van der Waals surface area (Å²) in [5.41, 5.74) is 0.797. The third-order valence-corrected chi connectivity index (χ3v) is 5.99. The molecular formula is C23H21ClN4O2S. The monoisotopic (exact) mass is 452 g/mol. The lowest BCUT2D eigenvalue weighted by Gasteiger charge is -2.14. The fourth-order valence-corrected chi connectivity index (χ4v) is 4.15. The molecular weight excluding hydrogens is 432 g/mol. The summed E-state index contributed by atoms with van der Waals surface area (Å²) in [5, 5.41) is 14.8. The third-order valence-electron chi connectivity index (χ3n) is 4.74. The topological polar surface area (TPSA) is 69.0 Å². The van der Waals surface area contributed by atoms with Crippen LogP contribution in [0.2, 0.25) is 5.02 Å². The molecule has 3 aromatic carbocycles. The molecule has 0 spiro atoms. The quantitative estimate of drug-likeness (QED) is 0.375. The molecule has 31 heavy (non-hydrogen) atoms. The summed E-state index contributed by atoms with van der Waals surface area (Å²) < 4.78 is 7.76. The summed E-state index contributed by atoms with van der Waals surface area (Å²) in [6, 6.07) is 21.0. The van der Waals surface area contributed by atoms with E-state index in [1.165, 1.54) is 11.8 Å². The summed E-state index contributed by atoms with van der Waals surface area (Å²) in [6.07, 6.45) is -0.324. The van der Waals surface area contributed by atoms with Crippen molar-refractivity contribution in [2.75, 3.05) is 11.1 Å². The number of thioether (sulfide) groups is 1. The van der Waals surface area contributed by atoms with Crippen LogP contribution in [0.25, 0.3) is 10.8 Å². The van der Waals surface area contributed by atoms with Crippen molar-refractivity contribution in [1.29, 1.82) is 0 Å². The van der Waals surface area contributed by atoms with Crippen LogP contribution in [0.4, 0.5) is 5.69 Å². The van der Waals surface area contributed by atoms with Crippen molar-refractivity contribution in [3.8, 4) is 5.75 Å². The van der Waals surface area contributed by atoms with E-state index in [-0.39, 0.29) is 17.8 Å². The molecule has 1 N–H and O–H groups in total. The second-order valence-corrected chi connectivity index (χ2v) is 8.36. The summed E-state index contributed by atoms with van der Waals surface area (Å²) in [7, 11) is 1.86. The van der Waals surface area contributed by atoms with Crippen molar-refractivity contribution in [3.05, 3.63) is 77.6 Å². The molecule has 0 saturated carbocycles. The molecule has 1 amide bonds. The number of nitrogens with one attached hydrogen (secondary N) is 1. The van der Waals surface area contributed by atoms with Crippen molar-refractivity contribution in [2.24, 2.45) is 7.05 Å². The van der Waals surface area contributed by atoms with E-state index in [1.54, 1.807) is 12.1 Å². The van der Waals surface area contributed by atoms with E-state index in [4.69, 9.17) is 16.3 Å². The lowest BCUT2D eigenvalue weighted by Crippen LogP contribution is -2.15. The van der Waals surface area contributed by atoms with Crippen LogP contribution in [0, 0.1) is 0 Å². The first kappa shape index (κ1) is 21.2. The molecule has 1 unspecified atom stereocenters. The van der Waals surface area contributed by atoms with Crippen molar-refractivity contribution in [2.45, 2.75) is 18.2 Å². The normalized spacial score (nSPS) is 12.0. The van der Waals surface area contributed by atoms with Gasteiger partial charge in [-0.15, -0.1) is 10.2 Å². The number of nitrogens with zero attached hydrogens (tertiary/aromatic N) is 3. The Morgan fingerprint density at radius 2 is 1.90 bits per heavy atom. The van der Waals surface area contributed by atoms with Crippen LogP contribution in [-0.2, 0) is 11.8 Å². The third kappa shape index (κ3) is 5.00. The second kappa shape index (κ2) is 9.41. The molecule has 1 aromatic heterocycles. The largest absolute Gasteiger partial charge is 0.483 e. The van der Waals surface area contributed by atoms with Gasteiger partial charge >= 0.3 is 0 Å². The minimum absolute atomic E-state index is 0.103. The first-order valence-corrected chi connectivity index (χ1v) is 11.1. The summed E-state index contributed by atoms with van der Waals surface area (Å²) in [5.74, 6) is 1.44. The minimum atomic E-state index is -0.324.